The van der Waals surface area contributed by atoms with Crippen molar-refractivity contribution in [2.45, 2.75) is 0 Å². The minimum absolute atomic E-state index is 0.757. The molecule has 0 saturated carbocycles. The Morgan fingerprint density at radius 2 is 0.768 bits per heavy atom. The van der Waals surface area contributed by atoms with E-state index in [0.29, 0.717) is 0 Å². The smallest absolute Gasteiger partial charge is 0.159 e. The van der Waals surface area contributed by atoms with Crippen molar-refractivity contribution >= 4 is 88.8 Å². The van der Waals surface area contributed by atoms with Crippen molar-refractivity contribution in [1.29, 1.82) is 0 Å². The number of para-hydroxylation sites is 5. The maximum absolute atomic E-state index is 7.42. The molecule has 1 aliphatic heterocycles. The molecule has 0 unspecified atom stereocenters. The molecule has 0 N–H and O–H groups in total. The first-order valence-electron chi connectivity index (χ1n) is 23.3. The van der Waals surface area contributed by atoms with Crippen LogP contribution in [0, 0.1) is 0 Å². The van der Waals surface area contributed by atoms with E-state index in [1.54, 1.807) is 0 Å². The summed E-state index contributed by atoms with van der Waals surface area (Å²) in [7, 11) is 0. The first-order valence-corrected chi connectivity index (χ1v) is 23.3. The maximum Gasteiger partial charge on any atom is 0.159 e. The summed E-state index contributed by atoms with van der Waals surface area (Å²) < 4.78 is 20.9. The number of furan rings is 2. The second-order valence-corrected chi connectivity index (χ2v) is 17.6. The summed E-state index contributed by atoms with van der Waals surface area (Å²) in [4.78, 5) is 4.59. The molecule has 1 aliphatic rings. The van der Waals surface area contributed by atoms with Gasteiger partial charge < -0.3 is 23.4 Å². The summed E-state index contributed by atoms with van der Waals surface area (Å²) >= 11 is 0. The zero-order chi connectivity index (χ0) is 45.4. The second kappa shape index (κ2) is 15.7. The van der Waals surface area contributed by atoms with Gasteiger partial charge in [0.05, 0.1) is 22.7 Å². The third-order valence-electron chi connectivity index (χ3n) is 13.6. The standard InChI is InChI=1S/C64H40N2O3/c1-3-15-41(16-4-1)43-31-35-46(36-32-43)65(55-26-12-23-52-49-20-7-9-29-58(49)67-62(52)55)48-39-45-19-11-22-51-54-25-14-28-57(64(54)69-60(40-48)61(45)51)66(47-37-33-44(34-38-47)42-17-5-2-6-18-42)56-27-13-24-53-50-21-8-10-30-59(50)68-63(53)56/h1-40H. The Balaban J connectivity index is 0.965. The Morgan fingerprint density at radius 3 is 1.38 bits per heavy atom. The van der Waals surface area contributed by atoms with Crippen LogP contribution in [-0.2, 0) is 0 Å². The molecule has 69 heavy (non-hydrogen) atoms. The molecule has 0 fully saturated rings. The molecular weight excluding hydrogens is 845 g/mol. The van der Waals surface area contributed by atoms with Crippen LogP contribution in [0.15, 0.2) is 251 Å². The highest BCUT2D eigenvalue weighted by atomic mass is 16.5. The average Bonchev–Trinajstić information content (AvgIpc) is 4.00. The Bertz CT molecular complexity index is 4100. The normalized spacial score (nSPS) is 11.9. The van der Waals surface area contributed by atoms with Crippen molar-refractivity contribution in [2.24, 2.45) is 0 Å². The van der Waals surface area contributed by atoms with E-state index in [9.17, 15) is 0 Å². The first-order chi connectivity index (χ1) is 34.2. The topological polar surface area (TPSA) is 42.0 Å². The predicted octanol–water partition coefficient (Wildman–Crippen LogP) is 18.7. The third-order valence-corrected chi connectivity index (χ3v) is 13.6. The van der Waals surface area contributed by atoms with Crippen molar-refractivity contribution in [3.63, 3.8) is 0 Å². The molecule has 5 nitrogen and oxygen atoms in total. The molecule has 0 amide bonds. The maximum atomic E-state index is 7.42. The SMILES string of the molecule is c1ccc(-c2ccc(N(c3cc4c5c(cccc5c3)-c3cccc(N(c5ccc(-c6ccccc6)cc5)c5cccc6c5oc5ccccc56)c3O4)c3cccc4c3oc3ccccc34)cc2)cc1. The lowest BCUT2D eigenvalue weighted by molar-refractivity contribution is 0.488. The van der Waals surface area contributed by atoms with Crippen LogP contribution in [0.5, 0.6) is 11.5 Å². The molecular formula is C64H40N2O3. The molecule has 3 heterocycles. The second-order valence-electron chi connectivity index (χ2n) is 17.6. The summed E-state index contributed by atoms with van der Waals surface area (Å²) in [5.41, 5.74) is 15.7. The molecule has 0 atom stereocenters. The van der Waals surface area contributed by atoms with Gasteiger partial charge in [-0.15, -0.1) is 0 Å². The lowest BCUT2D eigenvalue weighted by atomic mass is 9.93. The first kappa shape index (κ1) is 38.9. The molecule has 11 aromatic carbocycles. The summed E-state index contributed by atoms with van der Waals surface area (Å²) in [6.45, 7) is 0. The summed E-state index contributed by atoms with van der Waals surface area (Å²) in [5.74, 6) is 1.52. The fourth-order valence-electron chi connectivity index (χ4n) is 10.5. The van der Waals surface area contributed by atoms with Gasteiger partial charge in [-0.25, -0.2) is 0 Å². The van der Waals surface area contributed by atoms with Crippen LogP contribution >= 0.6 is 0 Å². The highest BCUT2D eigenvalue weighted by molar-refractivity contribution is 6.13. The van der Waals surface area contributed by atoms with Crippen LogP contribution in [0.3, 0.4) is 0 Å². The van der Waals surface area contributed by atoms with Gasteiger partial charge in [0.15, 0.2) is 16.9 Å². The van der Waals surface area contributed by atoms with Gasteiger partial charge in [0.2, 0.25) is 0 Å². The summed E-state index contributed by atoms with van der Waals surface area (Å²) in [5, 5.41) is 6.40. The molecule has 2 aromatic heterocycles. The summed E-state index contributed by atoms with van der Waals surface area (Å²) in [6.07, 6.45) is 0. The monoisotopic (exact) mass is 884 g/mol. The number of nitrogens with zero attached hydrogens (tertiary/aromatic N) is 2. The van der Waals surface area contributed by atoms with E-state index in [4.69, 9.17) is 13.6 Å². The highest BCUT2D eigenvalue weighted by Crippen LogP contribution is 2.55. The molecule has 324 valence electrons. The minimum Gasteiger partial charge on any atom is -0.454 e. The number of anilines is 6. The van der Waals surface area contributed by atoms with Gasteiger partial charge >= 0.3 is 0 Å². The van der Waals surface area contributed by atoms with E-state index in [1.807, 2.05) is 24.3 Å². The van der Waals surface area contributed by atoms with Gasteiger partial charge in [-0.2, -0.15) is 0 Å². The Labute approximate surface area is 397 Å². The number of benzene rings is 11. The van der Waals surface area contributed by atoms with Crippen molar-refractivity contribution in [3.8, 4) is 44.9 Å². The van der Waals surface area contributed by atoms with Gasteiger partial charge in [-0.1, -0.05) is 176 Å². The zero-order valence-electron chi connectivity index (χ0n) is 37.2. The van der Waals surface area contributed by atoms with Crippen LogP contribution in [-0.4, -0.2) is 0 Å². The quantitative estimate of drug-likeness (QED) is 0.152. The van der Waals surface area contributed by atoms with Gasteiger partial charge in [0.25, 0.3) is 0 Å². The van der Waals surface area contributed by atoms with Crippen LogP contribution < -0.4 is 14.5 Å². The van der Waals surface area contributed by atoms with Crippen molar-refractivity contribution < 1.29 is 13.6 Å². The van der Waals surface area contributed by atoms with Gasteiger partial charge in [-0.05, 0) is 93.9 Å². The molecule has 0 saturated heterocycles. The lowest BCUT2D eigenvalue weighted by Crippen LogP contribution is -2.13. The largest absolute Gasteiger partial charge is 0.454 e. The molecule has 0 spiro atoms. The van der Waals surface area contributed by atoms with Crippen LogP contribution in [0.1, 0.15) is 0 Å². The predicted molar refractivity (Wildman–Crippen MR) is 284 cm³/mol. The van der Waals surface area contributed by atoms with E-state index >= 15 is 0 Å². The molecule has 14 rings (SSSR count). The fourth-order valence-corrected chi connectivity index (χ4v) is 10.5. The number of ether oxygens (including phenoxy) is 1. The third kappa shape index (κ3) is 6.32. The average molecular weight is 885 g/mol. The van der Waals surface area contributed by atoms with E-state index in [0.717, 1.165) is 128 Å². The number of hydrogen-bond donors (Lipinski definition) is 0. The van der Waals surface area contributed by atoms with E-state index in [-0.39, 0.29) is 0 Å². The van der Waals surface area contributed by atoms with Gasteiger partial charge in [0.1, 0.15) is 16.9 Å². The molecule has 5 heteroatoms. The number of rotatable bonds is 8. The van der Waals surface area contributed by atoms with Crippen LogP contribution in [0.4, 0.5) is 34.1 Å². The van der Waals surface area contributed by atoms with E-state index < -0.39 is 0 Å². The van der Waals surface area contributed by atoms with E-state index in [2.05, 4.69) is 228 Å². The Hall–Kier alpha value is -9.32. The van der Waals surface area contributed by atoms with Gasteiger partial charge in [-0.3, -0.25) is 0 Å². The van der Waals surface area contributed by atoms with Crippen LogP contribution in [0.25, 0.3) is 88.0 Å². The number of hydrogen-bond acceptors (Lipinski definition) is 5. The molecule has 0 radical (unpaired) electrons. The minimum atomic E-state index is 0.757. The fraction of sp³-hybridized carbons (Fsp3) is 0. The Morgan fingerprint density at radius 1 is 0.304 bits per heavy atom. The number of fused-ring (bicyclic) bond motifs is 8. The molecule has 13 aromatic rings. The van der Waals surface area contributed by atoms with Crippen molar-refractivity contribution in [1.82, 2.24) is 0 Å². The zero-order valence-corrected chi connectivity index (χ0v) is 37.2. The van der Waals surface area contributed by atoms with Crippen molar-refractivity contribution in [3.05, 3.63) is 243 Å². The molecule has 0 aliphatic carbocycles. The highest BCUT2D eigenvalue weighted by Gasteiger charge is 2.30. The van der Waals surface area contributed by atoms with Crippen molar-refractivity contribution in [2.75, 3.05) is 9.80 Å². The van der Waals surface area contributed by atoms with Gasteiger partial charge in [0, 0.05) is 49.9 Å². The lowest BCUT2D eigenvalue weighted by Gasteiger charge is -2.32. The van der Waals surface area contributed by atoms with E-state index in [1.165, 1.54) is 5.56 Å². The Kier molecular flexibility index (Phi) is 8.83. The summed E-state index contributed by atoms with van der Waals surface area (Å²) in [6, 6.07) is 85.4. The molecule has 0 bridgehead atoms. The van der Waals surface area contributed by atoms with Crippen LogP contribution in [0.2, 0.25) is 0 Å².